The van der Waals surface area contributed by atoms with Gasteiger partial charge < -0.3 is 16.2 Å². The summed E-state index contributed by atoms with van der Waals surface area (Å²) in [7, 11) is 0. The number of nitrogens with zero attached hydrogens (tertiary/aromatic N) is 1. The Morgan fingerprint density at radius 2 is 1.62 bits per heavy atom. The average molecular weight is 458 g/mol. The molecule has 3 atom stereocenters. The number of hydrogen-bond acceptors (Lipinski definition) is 4. The number of amides is 2. The normalized spacial score (nSPS) is 15.2. The van der Waals surface area contributed by atoms with E-state index in [4.69, 9.17) is 5.73 Å². The van der Waals surface area contributed by atoms with E-state index in [2.05, 4.69) is 10.3 Å². The molecule has 0 unspecified atom stereocenters. The molecular formula is C28H31N3O3. The lowest BCUT2D eigenvalue weighted by Crippen LogP contribution is -2.46. The van der Waals surface area contributed by atoms with Crippen molar-refractivity contribution in [3.8, 4) is 0 Å². The molecule has 0 fully saturated rings. The van der Waals surface area contributed by atoms with Crippen LogP contribution in [0.15, 0.2) is 72.9 Å². The molecule has 0 aliphatic heterocycles. The highest BCUT2D eigenvalue weighted by Crippen LogP contribution is 2.21. The lowest BCUT2D eigenvalue weighted by Gasteiger charge is -2.27. The molecule has 1 aliphatic carbocycles. The van der Waals surface area contributed by atoms with Gasteiger partial charge in [0.15, 0.2) is 0 Å². The Morgan fingerprint density at radius 3 is 2.26 bits per heavy atom. The minimum absolute atomic E-state index is 0.157. The molecule has 0 saturated heterocycles. The summed E-state index contributed by atoms with van der Waals surface area (Å²) in [6.45, 7) is 0. The van der Waals surface area contributed by atoms with Crippen LogP contribution in [0.25, 0.3) is 0 Å². The summed E-state index contributed by atoms with van der Waals surface area (Å²) >= 11 is 0. The van der Waals surface area contributed by atoms with Crippen molar-refractivity contribution >= 4 is 11.8 Å². The fraction of sp³-hybridized carbons (Fsp3) is 0.321. The van der Waals surface area contributed by atoms with Crippen molar-refractivity contribution in [1.82, 2.24) is 10.3 Å². The predicted molar refractivity (Wildman–Crippen MR) is 131 cm³/mol. The summed E-state index contributed by atoms with van der Waals surface area (Å²) in [6.07, 6.45) is 4.61. The van der Waals surface area contributed by atoms with E-state index < -0.39 is 24.0 Å². The molecule has 34 heavy (non-hydrogen) atoms. The van der Waals surface area contributed by atoms with Crippen molar-refractivity contribution < 1.29 is 14.7 Å². The van der Waals surface area contributed by atoms with E-state index in [1.165, 1.54) is 0 Å². The Balaban J connectivity index is 1.51. The van der Waals surface area contributed by atoms with Crippen molar-refractivity contribution in [2.45, 2.75) is 50.7 Å². The second kappa shape index (κ2) is 11.1. The van der Waals surface area contributed by atoms with E-state index in [0.29, 0.717) is 18.4 Å². The van der Waals surface area contributed by atoms with E-state index in [1.807, 2.05) is 66.7 Å². The largest absolute Gasteiger partial charge is 0.391 e. The van der Waals surface area contributed by atoms with Crippen LogP contribution < -0.4 is 11.1 Å². The molecule has 2 aromatic carbocycles. The number of nitrogens with two attached hydrogens (primary N) is 1. The van der Waals surface area contributed by atoms with Gasteiger partial charge >= 0.3 is 0 Å². The molecule has 3 aromatic rings. The number of carbonyl (C=O) groups excluding carboxylic acids is 2. The number of nitrogens with one attached hydrogen (secondary N) is 1. The van der Waals surface area contributed by atoms with E-state index in [0.717, 1.165) is 41.6 Å². The molecule has 1 aromatic heterocycles. The molecule has 1 heterocycles. The van der Waals surface area contributed by atoms with Gasteiger partial charge in [0.2, 0.25) is 5.91 Å². The first kappa shape index (κ1) is 23.6. The summed E-state index contributed by atoms with van der Waals surface area (Å²) in [5.41, 5.74) is 10.3. The van der Waals surface area contributed by atoms with Gasteiger partial charge in [-0.05, 0) is 61.3 Å². The zero-order chi connectivity index (χ0) is 23.9. The number of carbonyl (C=O) groups is 2. The lowest BCUT2D eigenvalue weighted by atomic mass is 9.89. The van der Waals surface area contributed by atoms with Crippen molar-refractivity contribution in [1.29, 1.82) is 0 Å². The molecule has 6 heteroatoms. The molecule has 0 saturated carbocycles. The molecule has 0 radical (unpaired) electrons. The summed E-state index contributed by atoms with van der Waals surface area (Å²) in [5.74, 6) is -1.29. The fourth-order valence-electron chi connectivity index (χ4n) is 4.61. The van der Waals surface area contributed by atoms with Gasteiger partial charge in [0.05, 0.1) is 17.7 Å². The highest BCUT2D eigenvalue weighted by atomic mass is 16.3. The van der Waals surface area contributed by atoms with Gasteiger partial charge in [-0.2, -0.15) is 0 Å². The number of fused-ring (bicyclic) bond motifs is 1. The van der Waals surface area contributed by atoms with Gasteiger partial charge in [-0.1, -0.05) is 60.7 Å². The second-order valence-corrected chi connectivity index (χ2v) is 9.05. The van der Waals surface area contributed by atoms with Crippen molar-refractivity contribution in [3.63, 3.8) is 0 Å². The first-order valence-electron chi connectivity index (χ1n) is 11.8. The Hall–Kier alpha value is -3.51. The number of pyridine rings is 1. The number of hydrogen-bond donors (Lipinski definition) is 3. The zero-order valence-electron chi connectivity index (χ0n) is 19.2. The van der Waals surface area contributed by atoms with Crippen LogP contribution >= 0.6 is 0 Å². The number of aliphatic hydroxyl groups is 1. The first-order valence-corrected chi connectivity index (χ1v) is 11.8. The Morgan fingerprint density at radius 1 is 0.971 bits per heavy atom. The van der Waals surface area contributed by atoms with Crippen LogP contribution in [0.3, 0.4) is 0 Å². The molecule has 2 amide bonds. The zero-order valence-corrected chi connectivity index (χ0v) is 19.2. The van der Waals surface area contributed by atoms with E-state index in [1.54, 1.807) is 6.20 Å². The minimum Gasteiger partial charge on any atom is -0.391 e. The highest BCUT2D eigenvalue weighted by molar-refractivity contribution is 5.94. The first-order chi connectivity index (χ1) is 16.5. The maximum Gasteiger partial charge on any atom is 0.253 e. The molecule has 0 bridgehead atoms. The number of aryl methyl sites for hydroxylation is 2. The quantitative estimate of drug-likeness (QED) is 0.435. The minimum atomic E-state index is -0.951. The third-order valence-electron chi connectivity index (χ3n) is 6.51. The number of aromatic nitrogens is 1. The molecule has 6 nitrogen and oxygen atoms in total. The Labute approximate surface area is 200 Å². The van der Waals surface area contributed by atoms with Crippen LogP contribution in [-0.2, 0) is 30.5 Å². The lowest BCUT2D eigenvalue weighted by molar-refractivity contribution is -0.122. The topological polar surface area (TPSA) is 105 Å². The van der Waals surface area contributed by atoms with E-state index in [9.17, 15) is 14.7 Å². The van der Waals surface area contributed by atoms with Gasteiger partial charge in [-0.3, -0.25) is 14.6 Å². The van der Waals surface area contributed by atoms with Gasteiger partial charge in [0.25, 0.3) is 5.91 Å². The van der Waals surface area contributed by atoms with Gasteiger partial charge in [0, 0.05) is 17.8 Å². The highest BCUT2D eigenvalue weighted by Gasteiger charge is 2.28. The maximum absolute atomic E-state index is 13.1. The molecule has 1 aliphatic rings. The second-order valence-electron chi connectivity index (χ2n) is 9.05. The third-order valence-corrected chi connectivity index (χ3v) is 6.51. The molecule has 176 valence electrons. The number of primary amides is 1. The van der Waals surface area contributed by atoms with Gasteiger partial charge in [0.1, 0.15) is 0 Å². The number of aliphatic hydroxyl groups excluding tert-OH is 1. The van der Waals surface area contributed by atoms with Crippen molar-refractivity contribution in [3.05, 3.63) is 101 Å². The summed E-state index contributed by atoms with van der Waals surface area (Å²) in [4.78, 5) is 29.7. The van der Waals surface area contributed by atoms with E-state index in [-0.39, 0.29) is 12.3 Å². The summed E-state index contributed by atoms with van der Waals surface area (Å²) < 4.78 is 0. The van der Waals surface area contributed by atoms with E-state index >= 15 is 0 Å². The molecule has 0 spiro atoms. The third kappa shape index (κ3) is 6.08. The SMILES string of the molecule is NC(=O)[C@H](Cc1ccccc1)C[C@H](O)[C@H](Cc1ccccc1)NC(=O)c1cnc2c(c1)CCC2. The maximum atomic E-state index is 13.1. The van der Waals surface area contributed by atoms with Crippen LogP contribution in [0, 0.1) is 5.92 Å². The van der Waals surface area contributed by atoms with Crippen LogP contribution in [0.1, 0.15) is 45.6 Å². The van der Waals surface area contributed by atoms with Gasteiger partial charge in [-0.25, -0.2) is 0 Å². The standard InChI is InChI=1S/C28H31N3O3/c29-27(33)22(14-19-8-3-1-4-9-19)17-26(32)25(15-20-10-5-2-6-11-20)31-28(34)23-16-21-12-7-13-24(21)30-18-23/h1-6,8-11,16,18,22,25-26,32H,7,12-15,17H2,(H2,29,33)(H,31,34)/t22-,25+,26+/m1/s1. The monoisotopic (exact) mass is 457 g/mol. The summed E-state index contributed by atoms with van der Waals surface area (Å²) in [5, 5.41) is 14.2. The predicted octanol–water partition coefficient (Wildman–Crippen LogP) is 3.01. The number of rotatable bonds is 10. The fourth-order valence-corrected chi connectivity index (χ4v) is 4.61. The smallest absolute Gasteiger partial charge is 0.253 e. The molecule has 4 N–H and O–H groups in total. The Bertz CT molecular complexity index is 1120. The van der Waals surface area contributed by atoms with Crippen LogP contribution in [0.2, 0.25) is 0 Å². The van der Waals surface area contributed by atoms with Crippen LogP contribution in [0.4, 0.5) is 0 Å². The molecule has 4 rings (SSSR count). The number of benzene rings is 2. The van der Waals surface area contributed by atoms with Crippen molar-refractivity contribution in [2.24, 2.45) is 11.7 Å². The van der Waals surface area contributed by atoms with Crippen LogP contribution in [0.5, 0.6) is 0 Å². The average Bonchev–Trinajstić information content (AvgIpc) is 3.32. The van der Waals surface area contributed by atoms with Crippen LogP contribution in [-0.4, -0.2) is 34.1 Å². The summed E-state index contributed by atoms with van der Waals surface area (Å²) in [6, 6.07) is 20.6. The Kier molecular flexibility index (Phi) is 7.70. The van der Waals surface area contributed by atoms with Crippen molar-refractivity contribution in [2.75, 3.05) is 0 Å². The molecular weight excluding hydrogens is 426 g/mol. The van der Waals surface area contributed by atoms with Gasteiger partial charge in [-0.15, -0.1) is 0 Å².